The average molecular weight is 411 g/mol. The monoisotopic (exact) mass is 410 g/mol. The maximum absolute atomic E-state index is 12.9. The van der Waals surface area contributed by atoms with Gasteiger partial charge in [0.25, 0.3) is 5.91 Å². The summed E-state index contributed by atoms with van der Waals surface area (Å²) in [6.45, 7) is 9.54. The van der Waals surface area contributed by atoms with Crippen molar-refractivity contribution in [3.8, 4) is 0 Å². The van der Waals surface area contributed by atoms with Gasteiger partial charge in [0.2, 0.25) is 0 Å². The Hall–Kier alpha value is -2.86. The number of fused-ring (bicyclic) bond motifs is 1. The predicted molar refractivity (Wildman–Crippen MR) is 115 cm³/mol. The first-order valence-electron chi connectivity index (χ1n) is 10.1. The normalized spacial score (nSPS) is 17.5. The number of carbonyl (C=O) groups excluding carboxylic acids is 2. The van der Waals surface area contributed by atoms with E-state index in [4.69, 9.17) is 4.74 Å². The first kappa shape index (κ1) is 21.8. The minimum absolute atomic E-state index is 0.135. The van der Waals surface area contributed by atoms with Gasteiger partial charge in [-0.1, -0.05) is 62.4 Å². The summed E-state index contributed by atoms with van der Waals surface area (Å²) < 4.78 is 5.46. The van der Waals surface area contributed by atoms with E-state index in [-0.39, 0.29) is 12.5 Å². The zero-order valence-electron chi connectivity index (χ0n) is 18.2. The van der Waals surface area contributed by atoms with Gasteiger partial charge in [0.05, 0.1) is 6.04 Å². The third-order valence-electron chi connectivity index (χ3n) is 5.48. The molecular weight excluding hydrogens is 380 g/mol. The second-order valence-corrected chi connectivity index (χ2v) is 9.20. The van der Waals surface area contributed by atoms with Crippen LogP contribution in [0, 0.1) is 0 Å². The fourth-order valence-corrected chi connectivity index (χ4v) is 3.70. The van der Waals surface area contributed by atoms with E-state index in [9.17, 15) is 14.7 Å². The number of hydrogen-bond donors (Lipinski definition) is 2. The van der Waals surface area contributed by atoms with Crippen LogP contribution in [0.3, 0.4) is 0 Å². The topological polar surface area (TPSA) is 78.9 Å². The van der Waals surface area contributed by atoms with E-state index in [2.05, 4.69) is 5.32 Å². The number of alkyl carbamates (subject to hydrolysis) is 1. The van der Waals surface area contributed by atoms with Crippen molar-refractivity contribution < 1.29 is 19.4 Å². The third kappa shape index (κ3) is 4.49. The smallest absolute Gasteiger partial charge is 0.407 e. The van der Waals surface area contributed by atoms with E-state index in [1.54, 1.807) is 45.0 Å². The Labute approximate surface area is 177 Å². The number of ether oxygens (including phenoxy) is 1. The van der Waals surface area contributed by atoms with Gasteiger partial charge < -0.3 is 20.1 Å². The Morgan fingerprint density at radius 3 is 2.27 bits per heavy atom. The Morgan fingerprint density at radius 2 is 1.67 bits per heavy atom. The van der Waals surface area contributed by atoms with Crippen LogP contribution in [-0.2, 0) is 10.2 Å². The number of carbonyl (C=O) groups is 2. The highest BCUT2D eigenvalue weighted by Gasteiger charge is 2.41. The molecule has 6 nitrogen and oxygen atoms in total. The van der Waals surface area contributed by atoms with Crippen molar-refractivity contribution >= 4 is 12.0 Å². The van der Waals surface area contributed by atoms with Crippen LogP contribution in [0.1, 0.15) is 62.3 Å². The average Bonchev–Trinajstić information content (AvgIpc) is 2.92. The molecule has 2 aromatic rings. The van der Waals surface area contributed by atoms with E-state index in [0.717, 1.165) is 5.56 Å². The van der Waals surface area contributed by atoms with Crippen molar-refractivity contribution in [3.63, 3.8) is 0 Å². The molecule has 0 fully saturated rings. The van der Waals surface area contributed by atoms with Gasteiger partial charge in [-0.3, -0.25) is 4.79 Å². The molecule has 1 aliphatic heterocycles. The fourth-order valence-electron chi connectivity index (χ4n) is 3.70. The second kappa shape index (κ2) is 8.11. The van der Waals surface area contributed by atoms with Crippen molar-refractivity contribution in [2.75, 3.05) is 6.54 Å². The summed E-state index contributed by atoms with van der Waals surface area (Å²) in [5, 5.41) is 13.7. The minimum Gasteiger partial charge on any atom is -0.444 e. The summed E-state index contributed by atoms with van der Waals surface area (Å²) in [7, 11) is 0. The highest BCUT2D eigenvalue weighted by Crippen LogP contribution is 2.34. The van der Waals surface area contributed by atoms with Crippen molar-refractivity contribution in [2.45, 2.75) is 57.9 Å². The van der Waals surface area contributed by atoms with Gasteiger partial charge in [0.1, 0.15) is 5.60 Å². The van der Waals surface area contributed by atoms with Gasteiger partial charge in [-0.05, 0) is 32.4 Å². The van der Waals surface area contributed by atoms with Crippen molar-refractivity contribution in [1.82, 2.24) is 10.2 Å². The third-order valence-corrected chi connectivity index (χ3v) is 5.48. The van der Waals surface area contributed by atoms with Gasteiger partial charge >= 0.3 is 6.09 Å². The molecule has 0 spiro atoms. The maximum atomic E-state index is 12.9. The molecule has 3 rings (SSSR count). The highest BCUT2D eigenvalue weighted by atomic mass is 16.6. The first-order valence-corrected chi connectivity index (χ1v) is 10.1. The lowest BCUT2D eigenvalue weighted by Gasteiger charge is -2.38. The summed E-state index contributed by atoms with van der Waals surface area (Å²) in [4.78, 5) is 26.9. The van der Waals surface area contributed by atoms with Gasteiger partial charge in [0.15, 0.2) is 6.23 Å². The lowest BCUT2D eigenvalue weighted by atomic mass is 9.77. The SMILES string of the molecule is CC(C)(C)OC(=O)NC(CN1C(=O)c2ccccc2C1O)C(C)(C)c1ccccc1. The molecule has 0 saturated heterocycles. The number of benzene rings is 2. The number of aliphatic hydroxyl groups is 1. The molecule has 2 aromatic carbocycles. The molecule has 1 heterocycles. The number of amides is 2. The fraction of sp³-hybridized carbons (Fsp3) is 0.417. The second-order valence-electron chi connectivity index (χ2n) is 9.20. The van der Waals surface area contributed by atoms with Crippen LogP contribution in [0.15, 0.2) is 54.6 Å². The van der Waals surface area contributed by atoms with Gasteiger partial charge in [0, 0.05) is 23.1 Å². The zero-order chi connectivity index (χ0) is 22.1. The Morgan fingerprint density at radius 1 is 1.07 bits per heavy atom. The summed E-state index contributed by atoms with van der Waals surface area (Å²) in [6, 6.07) is 16.3. The van der Waals surface area contributed by atoms with E-state index in [1.807, 2.05) is 44.2 Å². The number of aliphatic hydroxyl groups excluding tert-OH is 1. The molecular formula is C24H30N2O4. The first-order chi connectivity index (χ1) is 14.0. The van der Waals surface area contributed by atoms with E-state index in [1.165, 1.54) is 4.90 Å². The molecule has 0 aromatic heterocycles. The Kier molecular flexibility index (Phi) is 5.90. The van der Waals surface area contributed by atoms with E-state index >= 15 is 0 Å². The molecule has 1 aliphatic rings. The Balaban J connectivity index is 1.90. The van der Waals surface area contributed by atoms with Crippen LogP contribution in [-0.4, -0.2) is 40.2 Å². The zero-order valence-corrected chi connectivity index (χ0v) is 18.2. The predicted octanol–water partition coefficient (Wildman–Crippen LogP) is 4.00. The molecule has 0 radical (unpaired) electrons. The van der Waals surface area contributed by atoms with Gasteiger partial charge in [-0.25, -0.2) is 4.79 Å². The van der Waals surface area contributed by atoms with Crippen molar-refractivity contribution in [2.24, 2.45) is 0 Å². The number of rotatable bonds is 5. The molecule has 30 heavy (non-hydrogen) atoms. The van der Waals surface area contributed by atoms with E-state index < -0.39 is 29.4 Å². The standard InChI is InChI=1S/C24H30N2O4/c1-23(2,3)30-22(29)25-19(24(4,5)16-11-7-6-8-12-16)15-26-20(27)17-13-9-10-14-18(17)21(26)28/h6-14,19-20,27H,15H2,1-5H3,(H,25,29). The largest absolute Gasteiger partial charge is 0.444 e. The maximum Gasteiger partial charge on any atom is 0.407 e. The highest BCUT2D eigenvalue weighted by molar-refractivity contribution is 5.99. The van der Waals surface area contributed by atoms with Crippen LogP contribution in [0.2, 0.25) is 0 Å². The van der Waals surface area contributed by atoms with Crippen LogP contribution in [0.4, 0.5) is 4.79 Å². The summed E-state index contributed by atoms with van der Waals surface area (Å²) >= 11 is 0. The minimum atomic E-state index is -1.05. The van der Waals surface area contributed by atoms with Gasteiger partial charge in [-0.2, -0.15) is 0 Å². The molecule has 0 saturated carbocycles. The van der Waals surface area contributed by atoms with Gasteiger partial charge in [-0.15, -0.1) is 0 Å². The number of nitrogens with zero attached hydrogens (tertiary/aromatic N) is 1. The lowest BCUT2D eigenvalue weighted by Crippen LogP contribution is -2.55. The van der Waals surface area contributed by atoms with E-state index in [0.29, 0.717) is 11.1 Å². The lowest BCUT2D eigenvalue weighted by molar-refractivity contribution is 0.00645. The molecule has 6 heteroatoms. The molecule has 2 atom stereocenters. The van der Waals surface area contributed by atoms with Crippen LogP contribution >= 0.6 is 0 Å². The summed E-state index contributed by atoms with van der Waals surface area (Å²) in [5.41, 5.74) is 0.886. The molecule has 2 unspecified atom stereocenters. The number of nitrogens with one attached hydrogen (secondary N) is 1. The van der Waals surface area contributed by atoms with Crippen LogP contribution in [0.25, 0.3) is 0 Å². The summed E-state index contributed by atoms with van der Waals surface area (Å²) in [5.74, 6) is -0.252. The Bertz CT molecular complexity index is 918. The molecule has 160 valence electrons. The summed E-state index contributed by atoms with van der Waals surface area (Å²) in [6.07, 6.45) is -1.61. The molecule has 2 amide bonds. The number of hydrogen-bond acceptors (Lipinski definition) is 4. The quantitative estimate of drug-likeness (QED) is 0.781. The molecule has 0 bridgehead atoms. The van der Waals surface area contributed by atoms with Crippen LogP contribution < -0.4 is 5.32 Å². The van der Waals surface area contributed by atoms with Crippen LogP contribution in [0.5, 0.6) is 0 Å². The van der Waals surface area contributed by atoms with Crippen molar-refractivity contribution in [1.29, 1.82) is 0 Å². The molecule has 2 N–H and O–H groups in total. The molecule has 0 aliphatic carbocycles. The van der Waals surface area contributed by atoms with Crippen molar-refractivity contribution in [3.05, 3.63) is 71.3 Å².